The lowest BCUT2D eigenvalue weighted by atomic mass is 10.1. The number of carbonyl (C=O) groups is 1. The van der Waals surface area contributed by atoms with Crippen LogP contribution in [0.25, 0.3) is 21.7 Å². The normalized spacial score (nSPS) is 11.6. The van der Waals surface area contributed by atoms with Crippen LogP contribution in [0.5, 0.6) is 5.75 Å². The van der Waals surface area contributed by atoms with E-state index >= 15 is 0 Å². The van der Waals surface area contributed by atoms with Gasteiger partial charge >= 0.3 is 0 Å². The molecule has 3 aromatic carbocycles. The molecule has 4 rings (SSSR count). The summed E-state index contributed by atoms with van der Waals surface area (Å²) in [7, 11) is -4.02. The summed E-state index contributed by atoms with van der Waals surface area (Å²) in [5.74, 6) is -1.80. The van der Waals surface area contributed by atoms with Gasteiger partial charge in [-0.05, 0) is 18.2 Å². The van der Waals surface area contributed by atoms with E-state index in [4.69, 9.17) is 0 Å². The summed E-state index contributed by atoms with van der Waals surface area (Å²) < 4.78 is 29.0. The number of benzene rings is 3. The molecule has 0 atom stereocenters. The first-order valence-electron chi connectivity index (χ1n) is 8.81. The van der Waals surface area contributed by atoms with Crippen molar-refractivity contribution in [1.82, 2.24) is 4.98 Å². The van der Waals surface area contributed by atoms with Crippen LogP contribution in [0.3, 0.4) is 0 Å². The van der Waals surface area contributed by atoms with Gasteiger partial charge in [-0.3, -0.25) is 9.71 Å². The number of aromatic nitrogens is 1. The predicted molar refractivity (Wildman–Crippen MR) is 114 cm³/mol. The molecule has 0 saturated heterocycles. The average molecular weight is 439 g/mol. The average Bonchev–Trinajstić information content (AvgIpc) is 2.74. The van der Waals surface area contributed by atoms with E-state index in [-0.39, 0.29) is 27.0 Å². The quantitative estimate of drug-likeness (QED) is 0.350. The number of carboxylic acids is 1. The lowest BCUT2D eigenvalue weighted by Gasteiger charge is -2.15. The van der Waals surface area contributed by atoms with E-state index in [0.29, 0.717) is 21.7 Å². The number of aromatic hydroxyl groups is 1. The van der Waals surface area contributed by atoms with Gasteiger partial charge in [0, 0.05) is 28.1 Å². The molecule has 2 N–H and O–H groups in total. The van der Waals surface area contributed by atoms with E-state index < -0.39 is 16.0 Å². The molecule has 0 radical (unpaired) electrons. The fraction of sp³-hybridized carbons (Fsp3) is 0.0476. The van der Waals surface area contributed by atoms with E-state index in [2.05, 4.69) is 9.71 Å². The number of anilines is 1. The standard InChI is InChI=1S/C21H16N2O5S2/c24-19(25)12-29-17-11-16(14-7-1-2-8-15(14)21(17)26)23-30(27,28)18-9-3-5-13-6-4-10-22-20(13)18/h1-11,23,26H,12H2,(H,24,25)/p-1. The van der Waals surface area contributed by atoms with Gasteiger partial charge in [-0.2, -0.15) is 0 Å². The summed E-state index contributed by atoms with van der Waals surface area (Å²) in [4.78, 5) is 15.3. The molecule has 4 aromatic rings. The van der Waals surface area contributed by atoms with E-state index in [0.717, 1.165) is 11.8 Å². The molecule has 0 saturated carbocycles. The summed E-state index contributed by atoms with van der Waals surface area (Å²) in [6.07, 6.45) is 1.52. The zero-order chi connectivity index (χ0) is 21.3. The Morgan fingerprint density at radius 2 is 1.80 bits per heavy atom. The number of nitrogens with zero attached hydrogens (tertiary/aromatic N) is 1. The van der Waals surface area contributed by atoms with Crippen molar-refractivity contribution in [1.29, 1.82) is 0 Å². The molecule has 0 amide bonds. The molecule has 7 nitrogen and oxygen atoms in total. The molecule has 0 fully saturated rings. The number of para-hydroxylation sites is 1. The Morgan fingerprint density at radius 1 is 1.07 bits per heavy atom. The molecule has 1 aromatic heterocycles. The van der Waals surface area contributed by atoms with Crippen molar-refractivity contribution < 1.29 is 23.4 Å². The van der Waals surface area contributed by atoms with Gasteiger partial charge in [0.15, 0.2) is 0 Å². The predicted octanol–water partition coefficient (Wildman–Crippen LogP) is 2.74. The van der Waals surface area contributed by atoms with Gasteiger partial charge in [0.2, 0.25) is 0 Å². The molecule has 0 unspecified atom stereocenters. The monoisotopic (exact) mass is 439 g/mol. The van der Waals surface area contributed by atoms with Crippen LogP contribution < -0.4 is 9.83 Å². The Labute approximate surface area is 176 Å². The van der Waals surface area contributed by atoms with Crippen molar-refractivity contribution in [2.75, 3.05) is 10.5 Å². The lowest BCUT2D eigenvalue weighted by Crippen LogP contribution is -2.24. The van der Waals surface area contributed by atoms with Crippen LogP contribution in [-0.2, 0) is 14.8 Å². The van der Waals surface area contributed by atoms with Crippen molar-refractivity contribution in [3.05, 3.63) is 66.9 Å². The van der Waals surface area contributed by atoms with Gasteiger partial charge in [0.1, 0.15) is 10.6 Å². The van der Waals surface area contributed by atoms with E-state index in [9.17, 15) is 23.4 Å². The van der Waals surface area contributed by atoms with Gasteiger partial charge < -0.3 is 15.0 Å². The molecule has 0 aliphatic rings. The number of fused-ring (bicyclic) bond motifs is 2. The number of phenolic OH excluding ortho intramolecular Hbond substituents is 1. The highest BCUT2D eigenvalue weighted by Crippen LogP contribution is 2.40. The van der Waals surface area contributed by atoms with Crippen molar-refractivity contribution in [2.24, 2.45) is 0 Å². The Hall–Kier alpha value is -3.30. The maximum atomic E-state index is 13.2. The highest BCUT2D eigenvalue weighted by molar-refractivity contribution is 8.00. The molecule has 0 aliphatic heterocycles. The van der Waals surface area contributed by atoms with Gasteiger partial charge in [-0.15, -0.1) is 11.8 Å². The second-order valence-electron chi connectivity index (χ2n) is 6.41. The second-order valence-corrected chi connectivity index (χ2v) is 9.08. The smallest absolute Gasteiger partial charge is 0.264 e. The minimum absolute atomic E-state index is 0.0155. The number of sulfonamides is 1. The third-order valence-corrected chi connectivity index (χ3v) is 6.86. The molecular formula is C21H15N2O5S2-. The van der Waals surface area contributed by atoms with Crippen LogP contribution in [0, 0.1) is 0 Å². The largest absolute Gasteiger partial charge is 0.549 e. The van der Waals surface area contributed by atoms with Crippen molar-refractivity contribution in [3.63, 3.8) is 0 Å². The highest BCUT2D eigenvalue weighted by Gasteiger charge is 2.21. The fourth-order valence-corrected chi connectivity index (χ4v) is 5.13. The number of nitrogens with one attached hydrogen (secondary N) is 1. The van der Waals surface area contributed by atoms with Crippen molar-refractivity contribution in [2.45, 2.75) is 9.79 Å². The maximum absolute atomic E-state index is 13.2. The highest BCUT2D eigenvalue weighted by atomic mass is 32.2. The first kappa shape index (κ1) is 20.0. The van der Waals surface area contributed by atoms with Crippen LogP contribution >= 0.6 is 11.8 Å². The number of hydrogen-bond donors (Lipinski definition) is 2. The molecule has 1 heterocycles. The molecule has 0 spiro atoms. The number of thioether (sulfide) groups is 1. The zero-order valence-electron chi connectivity index (χ0n) is 15.4. The number of hydrogen-bond acceptors (Lipinski definition) is 7. The lowest BCUT2D eigenvalue weighted by molar-refractivity contribution is -0.301. The van der Waals surface area contributed by atoms with E-state index in [1.807, 2.05) is 0 Å². The molecule has 0 aliphatic carbocycles. The van der Waals surface area contributed by atoms with Gasteiger partial charge in [-0.1, -0.05) is 42.5 Å². The number of carboxylic acid groups (broad SMARTS) is 1. The number of pyridine rings is 1. The summed E-state index contributed by atoms with van der Waals surface area (Å²) in [6, 6.07) is 16.5. The van der Waals surface area contributed by atoms with Crippen LogP contribution in [0.2, 0.25) is 0 Å². The molecular weight excluding hydrogens is 424 g/mol. The SMILES string of the molecule is O=C([O-])CSc1cc(NS(=O)(=O)c2cccc3cccnc23)c2ccccc2c1O. The first-order valence-corrected chi connectivity index (χ1v) is 11.3. The summed E-state index contributed by atoms with van der Waals surface area (Å²) in [6.45, 7) is 0. The second kappa shape index (κ2) is 7.85. The zero-order valence-corrected chi connectivity index (χ0v) is 17.0. The van der Waals surface area contributed by atoms with Crippen LogP contribution in [0.15, 0.2) is 76.7 Å². The third kappa shape index (κ3) is 3.77. The minimum atomic E-state index is -4.02. The minimum Gasteiger partial charge on any atom is -0.549 e. The van der Waals surface area contributed by atoms with Gasteiger partial charge in [0.05, 0.1) is 22.1 Å². The summed E-state index contributed by atoms with van der Waals surface area (Å²) in [5, 5.41) is 22.9. The number of rotatable bonds is 6. The van der Waals surface area contributed by atoms with E-state index in [1.165, 1.54) is 18.3 Å². The van der Waals surface area contributed by atoms with E-state index in [1.54, 1.807) is 48.5 Å². The topological polar surface area (TPSA) is 119 Å². The number of aliphatic carboxylic acids is 1. The first-order chi connectivity index (χ1) is 14.4. The van der Waals surface area contributed by atoms with Crippen molar-refractivity contribution in [3.8, 4) is 5.75 Å². The van der Waals surface area contributed by atoms with Crippen molar-refractivity contribution >= 4 is 55.1 Å². The molecule has 152 valence electrons. The Balaban J connectivity index is 1.84. The number of phenols is 1. The molecule has 9 heteroatoms. The third-order valence-electron chi connectivity index (χ3n) is 4.46. The molecule has 0 bridgehead atoms. The Morgan fingerprint density at radius 3 is 2.57 bits per heavy atom. The fourth-order valence-electron chi connectivity index (χ4n) is 3.16. The van der Waals surface area contributed by atoms with Crippen LogP contribution in [-0.4, -0.2) is 30.2 Å². The Kier molecular flexibility index (Phi) is 5.23. The maximum Gasteiger partial charge on any atom is 0.264 e. The van der Waals surface area contributed by atoms with Crippen LogP contribution in [0.4, 0.5) is 5.69 Å². The summed E-state index contributed by atoms with van der Waals surface area (Å²) >= 11 is 0.849. The Bertz CT molecular complexity index is 1380. The van der Waals surface area contributed by atoms with Crippen LogP contribution in [0.1, 0.15) is 0 Å². The summed E-state index contributed by atoms with van der Waals surface area (Å²) in [5.41, 5.74) is 0.555. The molecule has 30 heavy (non-hydrogen) atoms. The van der Waals surface area contributed by atoms with Gasteiger partial charge in [-0.25, -0.2) is 8.42 Å². The van der Waals surface area contributed by atoms with Gasteiger partial charge in [0.25, 0.3) is 10.0 Å². The number of carbonyl (C=O) groups excluding carboxylic acids is 1.